The van der Waals surface area contributed by atoms with Crippen molar-refractivity contribution in [2.75, 3.05) is 25.1 Å². The lowest BCUT2D eigenvalue weighted by Crippen LogP contribution is -2.21. The van der Waals surface area contributed by atoms with Crippen molar-refractivity contribution in [1.29, 1.82) is 0 Å². The molecule has 0 radical (unpaired) electrons. The van der Waals surface area contributed by atoms with E-state index in [-0.39, 0.29) is 5.97 Å². The molecule has 1 aromatic carbocycles. The molecule has 2 aromatic heterocycles. The summed E-state index contributed by atoms with van der Waals surface area (Å²) < 4.78 is 6.55. The molecule has 0 saturated carbocycles. The third-order valence-corrected chi connectivity index (χ3v) is 4.87. The third kappa shape index (κ3) is 3.12. The zero-order valence-corrected chi connectivity index (χ0v) is 14.9. The number of hydrogen-bond acceptors (Lipinski definition) is 6. The lowest BCUT2D eigenvalue weighted by atomic mass is 9.97. The highest BCUT2D eigenvalue weighted by Gasteiger charge is 2.25. The first-order valence-electron chi connectivity index (χ1n) is 8.74. The lowest BCUT2D eigenvalue weighted by molar-refractivity contribution is 0.0600. The van der Waals surface area contributed by atoms with Crippen molar-refractivity contribution in [2.45, 2.75) is 19.8 Å². The second-order valence-corrected chi connectivity index (χ2v) is 6.77. The van der Waals surface area contributed by atoms with Crippen LogP contribution in [0.5, 0.6) is 0 Å². The van der Waals surface area contributed by atoms with Crippen LogP contribution in [0, 0.1) is 12.8 Å². The molecule has 1 aliphatic rings. The van der Waals surface area contributed by atoms with E-state index < -0.39 is 0 Å². The second-order valence-electron chi connectivity index (χ2n) is 6.77. The lowest BCUT2D eigenvalue weighted by Gasteiger charge is -2.19. The monoisotopic (exact) mass is 351 g/mol. The molecule has 134 valence electrons. The van der Waals surface area contributed by atoms with Gasteiger partial charge in [-0.25, -0.2) is 4.79 Å². The van der Waals surface area contributed by atoms with Crippen molar-refractivity contribution >= 4 is 17.3 Å². The standard InChI is InChI=1S/C19H21N5O2/c1-13-8-17(18-21-20-12-24(18)22-13)23-7-6-15(11-23)9-14-4-3-5-16(10-14)19(25)26-2/h3-5,8,10,12,15H,6-7,9,11H2,1-2H3. The van der Waals surface area contributed by atoms with E-state index in [4.69, 9.17) is 4.74 Å². The number of rotatable bonds is 4. The van der Waals surface area contributed by atoms with Gasteiger partial charge in [-0.3, -0.25) is 0 Å². The second kappa shape index (κ2) is 6.74. The van der Waals surface area contributed by atoms with Crippen LogP contribution >= 0.6 is 0 Å². The first-order valence-corrected chi connectivity index (χ1v) is 8.74. The van der Waals surface area contributed by atoms with Crippen LogP contribution in [-0.4, -0.2) is 46.0 Å². The van der Waals surface area contributed by atoms with E-state index in [1.807, 2.05) is 19.1 Å². The highest BCUT2D eigenvalue weighted by molar-refractivity contribution is 5.89. The summed E-state index contributed by atoms with van der Waals surface area (Å²) >= 11 is 0. The van der Waals surface area contributed by atoms with Crippen LogP contribution in [0.25, 0.3) is 5.65 Å². The minimum Gasteiger partial charge on any atom is -0.465 e. The average Bonchev–Trinajstić information content (AvgIpc) is 3.30. The van der Waals surface area contributed by atoms with Gasteiger partial charge in [0, 0.05) is 13.1 Å². The predicted molar refractivity (Wildman–Crippen MR) is 97.3 cm³/mol. The zero-order valence-electron chi connectivity index (χ0n) is 14.9. The van der Waals surface area contributed by atoms with Crippen molar-refractivity contribution in [1.82, 2.24) is 19.8 Å². The van der Waals surface area contributed by atoms with Gasteiger partial charge in [0.2, 0.25) is 5.65 Å². The van der Waals surface area contributed by atoms with Crippen molar-refractivity contribution in [2.24, 2.45) is 5.92 Å². The van der Waals surface area contributed by atoms with Crippen LogP contribution in [-0.2, 0) is 11.2 Å². The number of nitrogens with zero attached hydrogens (tertiary/aromatic N) is 5. The number of hydrogen-bond donors (Lipinski definition) is 0. The first kappa shape index (κ1) is 16.5. The van der Waals surface area contributed by atoms with E-state index in [0.29, 0.717) is 11.5 Å². The fourth-order valence-corrected chi connectivity index (χ4v) is 3.66. The molecule has 1 aliphatic heterocycles. The van der Waals surface area contributed by atoms with Gasteiger partial charge in [-0.2, -0.15) is 9.61 Å². The normalized spacial score (nSPS) is 17.0. The Hall–Kier alpha value is -2.96. The van der Waals surface area contributed by atoms with Crippen molar-refractivity contribution in [3.8, 4) is 0 Å². The molecule has 3 heterocycles. The summed E-state index contributed by atoms with van der Waals surface area (Å²) in [5.74, 6) is 0.237. The number of fused-ring (bicyclic) bond motifs is 1. The van der Waals surface area contributed by atoms with Crippen molar-refractivity contribution < 1.29 is 9.53 Å². The SMILES string of the molecule is COC(=O)c1cccc(CC2CCN(c3cc(C)nn4cnnc34)C2)c1. The molecule has 7 nitrogen and oxygen atoms in total. The Morgan fingerprint density at radius 3 is 3.08 bits per heavy atom. The van der Waals surface area contributed by atoms with Gasteiger partial charge in [-0.15, -0.1) is 10.2 Å². The van der Waals surface area contributed by atoms with Gasteiger partial charge >= 0.3 is 5.97 Å². The predicted octanol–water partition coefficient (Wildman–Crippen LogP) is 2.29. The maximum absolute atomic E-state index is 11.7. The van der Waals surface area contributed by atoms with E-state index in [1.54, 1.807) is 16.9 Å². The zero-order chi connectivity index (χ0) is 18.1. The molecular formula is C19H21N5O2. The van der Waals surface area contributed by atoms with Gasteiger partial charge in [-0.1, -0.05) is 12.1 Å². The molecule has 0 spiro atoms. The van der Waals surface area contributed by atoms with E-state index in [0.717, 1.165) is 43.0 Å². The Morgan fingerprint density at radius 1 is 1.35 bits per heavy atom. The van der Waals surface area contributed by atoms with E-state index >= 15 is 0 Å². The van der Waals surface area contributed by atoms with Gasteiger partial charge in [-0.05, 0) is 49.4 Å². The summed E-state index contributed by atoms with van der Waals surface area (Å²) in [7, 11) is 1.41. The first-order chi connectivity index (χ1) is 12.6. The smallest absolute Gasteiger partial charge is 0.337 e. The number of carbonyl (C=O) groups excluding carboxylic acids is 1. The molecule has 0 amide bonds. The molecule has 1 atom stereocenters. The maximum atomic E-state index is 11.7. The Bertz CT molecular complexity index is 952. The fourth-order valence-electron chi connectivity index (χ4n) is 3.66. The van der Waals surface area contributed by atoms with Crippen molar-refractivity contribution in [3.05, 3.63) is 53.5 Å². The molecule has 3 aromatic rings. The summed E-state index contributed by atoms with van der Waals surface area (Å²) in [4.78, 5) is 14.1. The molecular weight excluding hydrogens is 330 g/mol. The van der Waals surface area contributed by atoms with E-state index in [9.17, 15) is 4.79 Å². The topological polar surface area (TPSA) is 72.6 Å². The van der Waals surface area contributed by atoms with Gasteiger partial charge in [0.1, 0.15) is 6.33 Å². The number of benzene rings is 1. The van der Waals surface area contributed by atoms with Crippen LogP contribution in [0.15, 0.2) is 36.7 Å². The quantitative estimate of drug-likeness (QED) is 0.672. The molecule has 1 fully saturated rings. The average molecular weight is 351 g/mol. The number of methoxy groups -OCH3 is 1. The fraction of sp³-hybridized carbons (Fsp3) is 0.368. The van der Waals surface area contributed by atoms with Crippen LogP contribution in [0.2, 0.25) is 0 Å². The molecule has 1 unspecified atom stereocenters. The highest BCUT2D eigenvalue weighted by Crippen LogP contribution is 2.29. The molecule has 7 heteroatoms. The Morgan fingerprint density at radius 2 is 2.23 bits per heavy atom. The van der Waals surface area contributed by atoms with Gasteiger partial charge in [0.15, 0.2) is 0 Å². The summed E-state index contributed by atoms with van der Waals surface area (Å²) in [5, 5.41) is 12.6. The minimum atomic E-state index is -0.290. The van der Waals surface area contributed by atoms with E-state index in [2.05, 4.69) is 32.3 Å². The van der Waals surface area contributed by atoms with Gasteiger partial charge < -0.3 is 9.64 Å². The summed E-state index contributed by atoms with van der Waals surface area (Å²) in [6, 6.07) is 9.78. The van der Waals surface area contributed by atoms with Crippen LogP contribution in [0.4, 0.5) is 5.69 Å². The van der Waals surface area contributed by atoms with Gasteiger partial charge in [0.05, 0.1) is 24.1 Å². The third-order valence-electron chi connectivity index (χ3n) is 4.87. The number of aromatic nitrogens is 4. The largest absolute Gasteiger partial charge is 0.465 e. The number of esters is 1. The van der Waals surface area contributed by atoms with Crippen LogP contribution in [0.1, 0.15) is 28.0 Å². The molecule has 0 N–H and O–H groups in total. The summed E-state index contributed by atoms with van der Waals surface area (Å²) in [5.41, 5.74) is 4.60. The molecule has 0 bridgehead atoms. The van der Waals surface area contributed by atoms with Crippen LogP contribution < -0.4 is 4.90 Å². The molecule has 4 rings (SSSR count). The number of anilines is 1. The minimum absolute atomic E-state index is 0.290. The number of aryl methyl sites for hydroxylation is 1. The van der Waals surface area contributed by atoms with Crippen molar-refractivity contribution in [3.63, 3.8) is 0 Å². The van der Waals surface area contributed by atoms with Gasteiger partial charge in [0.25, 0.3) is 0 Å². The van der Waals surface area contributed by atoms with E-state index in [1.165, 1.54) is 12.7 Å². The maximum Gasteiger partial charge on any atom is 0.337 e. The van der Waals surface area contributed by atoms with Crippen LogP contribution in [0.3, 0.4) is 0 Å². The molecule has 26 heavy (non-hydrogen) atoms. The Labute approximate surface area is 151 Å². The molecule has 0 aliphatic carbocycles. The summed E-state index contributed by atoms with van der Waals surface area (Å²) in [6.45, 7) is 3.91. The summed E-state index contributed by atoms with van der Waals surface area (Å²) in [6.07, 6.45) is 3.68. The molecule has 1 saturated heterocycles. The number of ether oxygens (including phenoxy) is 1. The highest BCUT2D eigenvalue weighted by atomic mass is 16.5. The number of carbonyl (C=O) groups is 1. The Balaban J connectivity index is 1.50. The Kier molecular flexibility index (Phi) is 4.28.